The molecule has 0 radical (unpaired) electrons. The maximum absolute atomic E-state index is 13.6. The Labute approximate surface area is 244 Å². The van der Waals surface area contributed by atoms with Gasteiger partial charge in [-0.3, -0.25) is 0 Å². The van der Waals surface area contributed by atoms with Crippen molar-refractivity contribution in [3.05, 3.63) is 59.4 Å². The molecule has 0 saturated heterocycles. The molecule has 1 aromatic carbocycles. The number of carbonyl (C=O) groups is 1. The van der Waals surface area contributed by atoms with E-state index in [1.165, 1.54) is 0 Å². The second-order valence-corrected chi connectivity index (χ2v) is 14.7. The molecule has 216 valence electrons. The normalized spacial score (nSPS) is 19.4. The molecule has 2 aliphatic rings. The van der Waals surface area contributed by atoms with Crippen LogP contribution in [-0.2, 0) is 14.6 Å². The molecule has 3 heterocycles. The molecule has 0 bridgehead atoms. The Morgan fingerprint density at radius 1 is 1.07 bits per heavy atom. The molecule has 0 spiro atoms. The van der Waals surface area contributed by atoms with Crippen LogP contribution in [0.2, 0.25) is 0 Å². The van der Waals surface area contributed by atoms with Crippen molar-refractivity contribution in [3.8, 4) is 10.4 Å². The van der Waals surface area contributed by atoms with Gasteiger partial charge in [-0.15, -0.1) is 11.3 Å². The van der Waals surface area contributed by atoms with Gasteiger partial charge in [-0.2, -0.15) is 5.10 Å². The van der Waals surface area contributed by atoms with Crippen LogP contribution in [0.15, 0.2) is 53.7 Å². The molecule has 41 heavy (non-hydrogen) atoms. The van der Waals surface area contributed by atoms with E-state index in [4.69, 9.17) is 9.72 Å². The molecule has 2 aliphatic carbocycles. The van der Waals surface area contributed by atoms with Crippen molar-refractivity contribution in [2.45, 2.75) is 87.5 Å². The van der Waals surface area contributed by atoms with E-state index in [0.29, 0.717) is 34.8 Å². The van der Waals surface area contributed by atoms with Crippen molar-refractivity contribution >= 4 is 44.3 Å². The van der Waals surface area contributed by atoms with Crippen LogP contribution >= 0.6 is 11.3 Å². The third kappa shape index (κ3) is 6.11. The number of carbonyl (C=O) groups excluding carboxylic acids is 1. The van der Waals surface area contributed by atoms with Gasteiger partial charge in [0.2, 0.25) is 0 Å². The number of pyridine rings is 1. The fourth-order valence-electron chi connectivity index (χ4n) is 5.41. The number of benzene rings is 1. The number of amides is 1. The quantitative estimate of drug-likeness (QED) is 0.236. The summed E-state index contributed by atoms with van der Waals surface area (Å²) in [5.74, 6) is 0.941. The summed E-state index contributed by atoms with van der Waals surface area (Å²) in [4.78, 5) is 17.9. The standard InChI is InChI=1S/C30H35N5O4S2/c1-18(2)39-30(36)33-21-6-4-20(5-7-21)29-31-17-26(40-29)25-11-8-22(15-27(25)41(37,38)24-9-10-24)32-28-16-23-14-19(3)12-13-35(23)34-28/h8,11-18,20-21,24H,4-7,9-10H2,1-3H3,(H,32,34)(H,33,36). The number of nitrogens with zero attached hydrogens (tertiary/aromatic N) is 3. The third-order valence-electron chi connectivity index (χ3n) is 7.67. The van der Waals surface area contributed by atoms with E-state index in [9.17, 15) is 13.2 Å². The van der Waals surface area contributed by atoms with E-state index in [1.54, 1.807) is 21.9 Å². The number of thiazole rings is 1. The Morgan fingerprint density at radius 2 is 1.85 bits per heavy atom. The fraction of sp³-hybridized carbons (Fsp3) is 0.433. The molecule has 9 nitrogen and oxygen atoms in total. The number of rotatable bonds is 8. The summed E-state index contributed by atoms with van der Waals surface area (Å²) in [6, 6.07) is 11.6. The maximum Gasteiger partial charge on any atom is 0.407 e. The number of aryl methyl sites for hydroxylation is 1. The molecule has 6 rings (SSSR count). The second-order valence-electron chi connectivity index (χ2n) is 11.4. The van der Waals surface area contributed by atoms with Gasteiger partial charge in [0.25, 0.3) is 0 Å². The lowest BCUT2D eigenvalue weighted by Crippen LogP contribution is -2.38. The summed E-state index contributed by atoms with van der Waals surface area (Å²) in [5, 5.41) is 11.5. The lowest BCUT2D eigenvalue weighted by atomic mass is 9.86. The van der Waals surface area contributed by atoms with Crippen molar-refractivity contribution in [1.29, 1.82) is 0 Å². The molecule has 4 aromatic rings. The van der Waals surface area contributed by atoms with Crippen LogP contribution in [0.3, 0.4) is 0 Å². The Morgan fingerprint density at radius 3 is 2.59 bits per heavy atom. The molecular formula is C30H35N5O4S2. The number of anilines is 2. The minimum absolute atomic E-state index is 0.101. The minimum Gasteiger partial charge on any atom is -0.447 e. The molecule has 11 heteroatoms. The molecule has 2 saturated carbocycles. The molecule has 2 fully saturated rings. The van der Waals surface area contributed by atoms with Gasteiger partial charge in [0.15, 0.2) is 15.7 Å². The third-order valence-corrected chi connectivity index (χ3v) is 11.2. The van der Waals surface area contributed by atoms with Gasteiger partial charge < -0.3 is 15.4 Å². The fourth-order valence-corrected chi connectivity index (χ4v) is 8.49. The number of hydrogen-bond donors (Lipinski definition) is 2. The van der Waals surface area contributed by atoms with E-state index in [2.05, 4.69) is 21.8 Å². The van der Waals surface area contributed by atoms with Crippen LogP contribution < -0.4 is 10.6 Å². The van der Waals surface area contributed by atoms with E-state index < -0.39 is 9.84 Å². The molecular weight excluding hydrogens is 558 g/mol. The highest BCUT2D eigenvalue weighted by molar-refractivity contribution is 7.92. The van der Waals surface area contributed by atoms with Crippen molar-refractivity contribution < 1.29 is 17.9 Å². The van der Waals surface area contributed by atoms with E-state index in [-0.39, 0.29) is 29.4 Å². The monoisotopic (exact) mass is 593 g/mol. The summed E-state index contributed by atoms with van der Waals surface area (Å²) >= 11 is 1.57. The van der Waals surface area contributed by atoms with Crippen molar-refractivity contribution in [1.82, 2.24) is 19.9 Å². The average Bonchev–Trinajstić information content (AvgIpc) is 3.56. The minimum atomic E-state index is -3.47. The molecule has 0 aliphatic heterocycles. The number of nitrogens with one attached hydrogen (secondary N) is 2. The number of ether oxygens (including phenoxy) is 1. The van der Waals surface area contributed by atoms with Crippen molar-refractivity contribution in [2.24, 2.45) is 0 Å². The van der Waals surface area contributed by atoms with Crippen molar-refractivity contribution in [3.63, 3.8) is 0 Å². The summed E-state index contributed by atoms with van der Waals surface area (Å²) in [6.07, 6.45) is 8.14. The van der Waals surface area contributed by atoms with Crippen molar-refractivity contribution in [2.75, 3.05) is 5.32 Å². The first-order valence-electron chi connectivity index (χ1n) is 14.2. The van der Waals surface area contributed by atoms with Crippen LogP contribution in [0.5, 0.6) is 0 Å². The van der Waals surface area contributed by atoms with Crippen LogP contribution in [0.25, 0.3) is 16.0 Å². The maximum atomic E-state index is 13.6. The number of alkyl carbamates (subject to hydrolysis) is 1. The van der Waals surface area contributed by atoms with Gasteiger partial charge in [0.05, 0.1) is 31.7 Å². The van der Waals surface area contributed by atoms with Crippen LogP contribution in [0.4, 0.5) is 16.3 Å². The Bertz CT molecular complexity index is 1680. The lowest BCUT2D eigenvalue weighted by molar-refractivity contribution is 0.109. The largest absolute Gasteiger partial charge is 0.447 e. The SMILES string of the molecule is Cc1ccn2nc(Nc3ccc(-c4cnc(C5CCC(NC(=O)OC(C)C)CC5)s4)c(S(=O)(=O)C4CC4)c3)cc2c1. The summed E-state index contributed by atoms with van der Waals surface area (Å²) < 4.78 is 34.1. The number of fused-ring (bicyclic) bond motifs is 1. The zero-order chi connectivity index (χ0) is 28.7. The predicted molar refractivity (Wildman–Crippen MR) is 161 cm³/mol. The summed E-state index contributed by atoms with van der Waals surface area (Å²) in [6.45, 7) is 5.71. The first-order chi connectivity index (χ1) is 19.7. The lowest BCUT2D eigenvalue weighted by Gasteiger charge is -2.28. The second kappa shape index (κ2) is 11.1. The first-order valence-corrected chi connectivity index (χ1v) is 16.6. The highest BCUT2D eigenvalue weighted by atomic mass is 32.2. The zero-order valence-electron chi connectivity index (χ0n) is 23.5. The number of aromatic nitrogens is 3. The Kier molecular flexibility index (Phi) is 7.50. The summed E-state index contributed by atoms with van der Waals surface area (Å²) in [5.41, 5.74) is 3.49. The number of sulfone groups is 1. The summed E-state index contributed by atoms with van der Waals surface area (Å²) in [7, 11) is -3.47. The Hall–Kier alpha value is -3.44. The highest BCUT2D eigenvalue weighted by Gasteiger charge is 2.39. The van der Waals surface area contributed by atoms with E-state index in [1.807, 2.05) is 57.4 Å². The van der Waals surface area contributed by atoms with Crippen LogP contribution in [0.1, 0.15) is 68.9 Å². The van der Waals surface area contributed by atoms with Gasteiger partial charge in [-0.05, 0) is 89.1 Å². The van der Waals surface area contributed by atoms with Gasteiger partial charge in [0.1, 0.15) is 0 Å². The van der Waals surface area contributed by atoms with Crippen LogP contribution in [0, 0.1) is 6.92 Å². The van der Waals surface area contributed by atoms with E-state index in [0.717, 1.165) is 46.6 Å². The molecule has 0 atom stereocenters. The van der Waals surface area contributed by atoms with Gasteiger partial charge in [0, 0.05) is 41.7 Å². The molecule has 1 amide bonds. The van der Waals surface area contributed by atoms with Crippen LogP contribution in [-0.4, -0.2) is 46.5 Å². The van der Waals surface area contributed by atoms with Gasteiger partial charge in [-0.25, -0.2) is 22.7 Å². The van der Waals surface area contributed by atoms with Gasteiger partial charge in [-0.1, -0.05) is 6.07 Å². The number of hydrogen-bond acceptors (Lipinski definition) is 8. The molecule has 3 aromatic heterocycles. The van der Waals surface area contributed by atoms with Gasteiger partial charge >= 0.3 is 6.09 Å². The first kappa shape index (κ1) is 27.7. The molecule has 0 unspecified atom stereocenters. The highest BCUT2D eigenvalue weighted by Crippen LogP contribution is 2.43. The molecule has 2 N–H and O–H groups in total. The Balaban J connectivity index is 1.21. The van der Waals surface area contributed by atoms with E-state index >= 15 is 0 Å². The smallest absolute Gasteiger partial charge is 0.407 e. The topological polar surface area (TPSA) is 115 Å². The zero-order valence-corrected chi connectivity index (χ0v) is 25.1. The predicted octanol–water partition coefficient (Wildman–Crippen LogP) is 6.61. The average molecular weight is 594 g/mol.